The van der Waals surface area contributed by atoms with Crippen molar-refractivity contribution in [2.24, 2.45) is 5.16 Å². The lowest BCUT2D eigenvalue weighted by Crippen LogP contribution is -2.16. The number of rotatable bonds is 4. The lowest BCUT2D eigenvalue weighted by Gasteiger charge is -2.13. The smallest absolute Gasteiger partial charge is 0.433 e. The van der Waals surface area contributed by atoms with Crippen LogP contribution in [0.5, 0.6) is 0 Å². The van der Waals surface area contributed by atoms with Crippen LogP contribution in [-0.4, -0.2) is 39.9 Å². The van der Waals surface area contributed by atoms with Gasteiger partial charge in [-0.25, -0.2) is 9.48 Å². The van der Waals surface area contributed by atoms with E-state index < -0.39 is 29.0 Å². The predicted molar refractivity (Wildman–Crippen MR) is 98.5 cm³/mol. The number of amides is 1. The molecule has 0 aliphatic rings. The molecule has 1 amide bonds. The van der Waals surface area contributed by atoms with E-state index in [1.807, 2.05) is 0 Å². The second kappa shape index (κ2) is 8.47. The van der Waals surface area contributed by atoms with Gasteiger partial charge in [-0.1, -0.05) is 28.4 Å². The molecule has 28 heavy (non-hydrogen) atoms. The summed E-state index contributed by atoms with van der Waals surface area (Å²) in [5, 5.41) is 8.79. The summed E-state index contributed by atoms with van der Waals surface area (Å²) in [6, 6.07) is 1.32. The molecule has 152 valence electrons. The molecule has 0 saturated carbocycles. The molecule has 1 aromatic heterocycles. The highest BCUT2D eigenvalue weighted by Crippen LogP contribution is 2.39. The highest BCUT2D eigenvalue weighted by molar-refractivity contribution is 7.91. The zero-order valence-corrected chi connectivity index (χ0v) is 16.5. The molecule has 0 bridgehead atoms. The number of nitrogen functional groups attached to an aromatic ring is 1. The maximum Gasteiger partial charge on any atom is 0.433 e. The normalized spacial score (nSPS) is 13.0. The summed E-state index contributed by atoms with van der Waals surface area (Å²) in [5.74, 6) is -0.189. The summed E-state index contributed by atoms with van der Waals surface area (Å²) in [6.07, 6.45) is -3.27. The van der Waals surface area contributed by atoms with Gasteiger partial charge in [0.05, 0.1) is 21.8 Å². The third-order valence-corrected chi connectivity index (χ3v) is 4.83. The summed E-state index contributed by atoms with van der Waals surface area (Å²) in [5.41, 5.74) is 4.68. The van der Waals surface area contributed by atoms with E-state index in [0.29, 0.717) is 12.1 Å². The van der Waals surface area contributed by atoms with Crippen LogP contribution >= 0.6 is 23.2 Å². The Labute approximate surface area is 169 Å². The van der Waals surface area contributed by atoms with Gasteiger partial charge < -0.3 is 15.6 Å². The van der Waals surface area contributed by atoms with Crippen molar-refractivity contribution in [1.82, 2.24) is 15.1 Å². The zero-order chi connectivity index (χ0) is 21.2. The van der Waals surface area contributed by atoms with Gasteiger partial charge >= 0.3 is 12.3 Å². The number of carbonyl (C=O) groups is 1. The van der Waals surface area contributed by atoms with Gasteiger partial charge in [-0.3, -0.25) is 4.84 Å². The maximum atomic E-state index is 12.9. The Morgan fingerprint density at radius 1 is 1.43 bits per heavy atom. The third-order valence-electron chi connectivity index (χ3n) is 3.26. The molecule has 1 atom stereocenters. The first kappa shape index (κ1) is 22.1. The lowest BCUT2D eigenvalue weighted by atomic mass is 10.2. The van der Waals surface area contributed by atoms with E-state index in [-0.39, 0.29) is 32.1 Å². The van der Waals surface area contributed by atoms with Gasteiger partial charge in [0.15, 0.2) is 11.5 Å². The molecule has 14 heteroatoms. The van der Waals surface area contributed by atoms with Crippen molar-refractivity contribution >= 4 is 52.5 Å². The van der Waals surface area contributed by atoms with Gasteiger partial charge in [0.1, 0.15) is 11.9 Å². The van der Waals surface area contributed by atoms with Crippen LogP contribution in [0.3, 0.4) is 0 Å². The second-order valence-corrected chi connectivity index (χ2v) is 7.25. The number of nitrogens with two attached hydrogens (primary N) is 1. The monoisotopic (exact) mass is 457 g/mol. The van der Waals surface area contributed by atoms with Gasteiger partial charge in [0, 0.05) is 7.05 Å². The molecule has 1 heterocycles. The first-order chi connectivity index (χ1) is 13.0. The van der Waals surface area contributed by atoms with E-state index in [4.69, 9.17) is 28.9 Å². The fourth-order valence-corrected chi connectivity index (χ4v) is 3.50. The molecule has 1 aromatic carbocycles. The molecule has 2 aromatic rings. The maximum absolute atomic E-state index is 12.9. The quantitative estimate of drug-likeness (QED) is 0.316. The Kier molecular flexibility index (Phi) is 6.70. The number of nitrogens with zero attached hydrogens (tertiary/aromatic N) is 3. The van der Waals surface area contributed by atoms with Crippen LogP contribution in [0, 0.1) is 0 Å². The number of anilines is 1. The topological polar surface area (TPSA) is 118 Å². The van der Waals surface area contributed by atoms with E-state index in [1.54, 1.807) is 0 Å². The van der Waals surface area contributed by atoms with E-state index in [1.165, 1.54) is 13.3 Å². The van der Waals surface area contributed by atoms with Crippen molar-refractivity contribution < 1.29 is 27.4 Å². The van der Waals surface area contributed by atoms with Crippen LogP contribution < -0.4 is 11.1 Å². The Morgan fingerprint density at radius 2 is 2.00 bits per heavy atom. The van der Waals surface area contributed by atoms with E-state index >= 15 is 0 Å². The largest absolute Gasteiger partial charge is 0.611 e. The molecule has 0 saturated heterocycles. The minimum atomic E-state index is -4.66. The van der Waals surface area contributed by atoms with Crippen molar-refractivity contribution in [2.75, 3.05) is 19.0 Å². The summed E-state index contributed by atoms with van der Waals surface area (Å²) >= 11 is 10.3. The molecular weight excluding hydrogens is 446 g/mol. The Balaban J connectivity index is 2.58. The van der Waals surface area contributed by atoms with Gasteiger partial charge in [-0.2, -0.15) is 18.3 Å². The number of hydrogen-bond acceptors (Lipinski definition) is 6. The number of oxime groups is 1. The fraction of sp³-hybridized carbons (Fsp3) is 0.214. The number of aromatic nitrogens is 2. The average molecular weight is 458 g/mol. The van der Waals surface area contributed by atoms with Gasteiger partial charge in [0.2, 0.25) is 4.90 Å². The molecular formula is C14H12Cl2F3N5O3S. The Morgan fingerprint density at radius 3 is 2.46 bits per heavy atom. The summed E-state index contributed by atoms with van der Waals surface area (Å²) in [7, 11) is 1.31. The molecule has 1 unspecified atom stereocenters. The second-order valence-electron chi connectivity index (χ2n) is 5.12. The van der Waals surface area contributed by atoms with Crippen LogP contribution in [-0.2, 0) is 22.2 Å². The van der Waals surface area contributed by atoms with Crippen molar-refractivity contribution in [3.63, 3.8) is 0 Å². The molecule has 0 aliphatic heterocycles. The zero-order valence-electron chi connectivity index (χ0n) is 14.2. The highest BCUT2D eigenvalue weighted by Gasteiger charge is 2.33. The Bertz CT molecular complexity index is 911. The van der Waals surface area contributed by atoms with Crippen molar-refractivity contribution in [1.29, 1.82) is 0 Å². The summed E-state index contributed by atoms with van der Waals surface area (Å²) in [4.78, 5) is 15.5. The molecule has 0 fully saturated rings. The fourth-order valence-electron chi connectivity index (χ4n) is 2.09. The third kappa shape index (κ3) is 4.63. The Hall–Kier alpha value is -2.15. The highest BCUT2D eigenvalue weighted by atomic mass is 35.5. The van der Waals surface area contributed by atoms with E-state index in [9.17, 15) is 22.5 Å². The number of nitrogens with one attached hydrogen (secondary N) is 1. The predicted octanol–water partition coefficient (Wildman–Crippen LogP) is 3.21. The first-order valence-electron chi connectivity index (χ1n) is 7.18. The summed E-state index contributed by atoms with van der Waals surface area (Å²) in [6.45, 7) is 0. The van der Waals surface area contributed by atoms with Crippen LogP contribution in [0.25, 0.3) is 5.69 Å². The van der Waals surface area contributed by atoms with Crippen molar-refractivity contribution in [3.8, 4) is 5.69 Å². The minimum Gasteiger partial charge on any atom is -0.611 e. The van der Waals surface area contributed by atoms with Crippen LogP contribution in [0.4, 0.5) is 23.8 Å². The molecule has 2 rings (SSSR count). The number of benzene rings is 1. The van der Waals surface area contributed by atoms with Crippen LogP contribution in [0.2, 0.25) is 10.0 Å². The first-order valence-corrected chi connectivity index (χ1v) is 9.49. The standard InChI is InChI=1S/C14H12Cl2F3N5O3S/c1-21-13(25)27-22-5-9-11(28(2)26)12(20)24(23-9)10-7(15)3-6(4-8(10)16)14(17,18)19/h3-5H,20H2,1-2H3,(H,21,25)/b22-5+. The SMILES string of the molecule is CNC(=O)O/N=C/c1nn(-c2c(Cl)cc(C(F)(F)F)cc2Cl)c(N)c1[S+](C)[O-]. The molecule has 0 spiro atoms. The summed E-state index contributed by atoms with van der Waals surface area (Å²) < 4.78 is 51.7. The lowest BCUT2D eigenvalue weighted by molar-refractivity contribution is -0.137. The van der Waals surface area contributed by atoms with Gasteiger partial charge in [-0.15, -0.1) is 0 Å². The number of hydrogen-bond donors (Lipinski definition) is 2. The van der Waals surface area contributed by atoms with Crippen LogP contribution in [0.1, 0.15) is 11.3 Å². The minimum absolute atomic E-state index is 0.00344. The molecule has 8 nitrogen and oxygen atoms in total. The van der Waals surface area contributed by atoms with Crippen molar-refractivity contribution in [3.05, 3.63) is 33.4 Å². The average Bonchev–Trinajstić information content (AvgIpc) is 2.89. The van der Waals surface area contributed by atoms with E-state index in [2.05, 4.69) is 20.4 Å². The van der Waals surface area contributed by atoms with E-state index in [0.717, 1.165) is 10.9 Å². The number of alkyl halides is 3. The number of carbonyl (C=O) groups excluding carboxylic acids is 1. The number of halogens is 5. The van der Waals surface area contributed by atoms with Gasteiger partial charge in [-0.05, 0) is 23.3 Å². The molecule has 3 N–H and O–H groups in total. The molecule has 0 radical (unpaired) electrons. The van der Waals surface area contributed by atoms with Crippen LogP contribution in [0.15, 0.2) is 22.2 Å². The molecule has 0 aliphatic carbocycles. The van der Waals surface area contributed by atoms with Gasteiger partial charge in [0.25, 0.3) is 0 Å². The van der Waals surface area contributed by atoms with Crippen molar-refractivity contribution in [2.45, 2.75) is 11.1 Å².